The fourth-order valence-corrected chi connectivity index (χ4v) is 4.39. The lowest BCUT2D eigenvalue weighted by atomic mass is 10.1. The maximum absolute atomic E-state index is 12.5. The summed E-state index contributed by atoms with van der Waals surface area (Å²) in [6.45, 7) is 7.98. The number of sulfonamides is 1. The lowest BCUT2D eigenvalue weighted by Crippen LogP contribution is -2.44. The summed E-state index contributed by atoms with van der Waals surface area (Å²) in [4.78, 5) is 12.7. The molecule has 8 nitrogen and oxygen atoms in total. The van der Waals surface area contributed by atoms with Crippen LogP contribution in [0.4, 0.5) is 5.69 Å². The molecular formula is C15H26Cl2N4O4S. The number of aryl methyl sites for hydroxylation is 2. The maximum atomic E-state index is 12.5. The summed E-state index contributed by atoms with van der Waals surface area (Å²) < 4.78 is 27.6. The number of hydrogen-bond donors (Lipinski definition) is 2. The Morgan fingerprint density at radius 2 is 1.77 bits per heavy atom. The van der Waals surface area contributed by atoms with Crippen molar-refractivity contribution in [1.82, 2.24) is 14.9 Å². The number of nitrogens with zero attached hydrogens (tertiary/aromatic N) is 2. The number of nitro benzene ring substituents is 1. The fraction of sp³-hybridized carbons (Fsp3) is 0.600. The molecule has 1 aromatic rings. The molecular weight excluding hydrogens is 403 g/mol. The number of nitro groups is 1. The van der Waals surface area contributed by atoms with Crippen molar-refractivity contribution in [2.24, 2.45) is 0 Å². The number of halogens is 2. The van der Waals surface area contributed by atoms with Gasteiger partial charge in [0.2, 0.25) is 10.0 Å². The molecule has 0 spiro atoms. The van der Waals surface area contributed by atoms with Crippen LogP contribution in [0.5, 0.6) is 0 Å². The van der Waals surface area contributed by atoms with Gasteiger partial charge in [-0.2, -0.15) is 0 Å². The van der Waals surface area contributed by atoms with Crippen LogP contribution in [0.1, 0.15) is 17.5 Å². The summed E-state index contributed by atoms with van der Waals surface area (Å²) in [6.07, 6.45) is 0.665. The van der Waals surface area contributed by atoms with Crippen LogP contribution >= 0.6 is 24.8 Å². The molecule has 1 saturated heterocycles. The van der Waals surface area contributed by atoms with Crippen molar-refractivity contribution in [3.63, 3.8) is 0 Å². The molecule has 0 atom stereocenters. The highest BCUT2D eigenvalue weighted by molar-refractivity contribution is 7.89. The van der Waals surface area contributed by atoms with E-state index in [0.717, 1.165) is 32.7 Å². The molecule has 0 aromatic heterocycles. The molecule has 0 amide bonds. The van der Waals surface area contributed by atoms with Gasteiger partial charge in [-0.3, -0.25) is 10.1 Å². The van der Waals surface area contributed by atoms with Crippen LogP contribution in [0.2, 0.25) is 0 Å². The second kappa shape index (κ2) is 11.0. The third kappa shape index (κ3) is 6.33. The Kier molecular flexibility index (Phi) is 10.6. The monoisotopic (exact) mass is 428 g/mol. The normalized spacial score (nSPS) is 15.0. The molecule has 2 N–H and O–H groups in total. The number of nitrogens with one attached hydrogen (secondary N) is 2. The average Bonchev–Trinajstić information content (AvgIpc) is 2.54. The van der Waals surface area contributed by atoms with E-state index in [2.05, 4.69) is 14.9 Å². The van der Waals surface area contributed by atoms with Gasteiger partial charge in [0.05, 0.1) is 4.92 Å². The molecule has 0 aliphatic carbocycles. The highest BCUT2D eigenvalue weighted by Gasteiger charge is 2.29. The molecule has 0 bridgehead atoms. The van der Waals surface area contributed by atoms with E-state index in [4.69, 9.17) is 0 Å². The molecule has 1 aliphatic heterocycles. The van der Waals surface area contributed by atoms with Gasteiger partial charge >= 0.3 is 0 Å². The second-order valence-corrected chi connectivity index (χ2v) is 7.68. The minimum absolute atomic E-state index is 0. The first-order valence-electron chi connectivity index (χ1n) is 8.00. The number of benzene rings is 1. The molecule has 1 heterocycles. The molecule has 150 valence electrons. The smallest absolute Gasteiger partial charge is 0.292 e. The summed E-state index contributed by atoms with van der Waals surface area (Å²) in [7, 11) is -3.91. The molecule has 1 fully saturated rings. The van der Waals surface area contributed by atoms with Gasteiger partial charge in [0.15, 0.2) is 4.90 Å². The van der Waals surface area contributed by atoms with Crippen molar-refractivity contribution >= 4 is 40.5 Å². The van der Waals surface area contributed by atoms with Crippen LogP contribution in [-0.4, -0.2) is 57.5 Å². The van der Waals surface area contributed by atoms with Crippen LogP contribution in [0.3, 0.4) is 0 Å². The second-order valence-electron chi connectivity index (χ2n) is 5.98. The Morgan fingerprint density at radius 1 is 1.19 bits per heavy atom. The van der Waals surface area contributed by atoms with Crippen molar-refractivity contribution in [1.29, 1.82) is 0 Å². The number of piperazine rings is 1. The summed E-state index contributed by atoms with van der Waals surface area (Å²) in [5.41, 5.74) is 0.373. The van der Waals surface area contributed by atoms with Crippen molar-refractivity contribution < 1.29 is 13.3 Å². The van der Waals surface area contributed by atoms with E-state index in [1.807, 2.05) is 0 Å². The van der Waals surface area contributed by atoms with Gasteiger partial charge in [-0.15, -0.1) is 24.8 Å². The average molecular weight is 429 g/mol. The highest BCUT2D eigenvalue weighted by atomic mass is 35.5. The summed E-state index contributed by atoms with van der Waals surface area (Å²) in [5, 5.41) is 14.5. The van der Waals surface area contributed by atoms with Gasteiger partial charge in [-0.1, -0.05) is 12.1 Å². The zero-order valence-corrected chi connectivity index (χ0v) is 17.3. The van der Waals surface area contributed by atoms with Crippen molar-refractivity contribution in [2.75, 3.05) is 39.3 Å². The number of hydrogen-bond acceptors (Lipinski definition) is 6. The first kappa shape index (κ1) is 25.0. The van der Waals surface area contributed by atoms with Gasteiger partial charge in [0.1, 0.15) is 0 Å². The van der Waals surface area contributed by atoms with Crippen LogP contribution in [0, 0.1) is 24.0 Å². The molecule has 0 saturated carbocycles. The van der Waals surface area contributed by atoms with Crippen molar-refractivity contribution in [2.45, 2.75) is 25.2 Å². The minimum Gasteiger partial charge on any atom is -0.314 e. The molecule has 0 unspecified atom stereocenters. The Balaban J connectivity index is 0.00000312. The molecule has 2 rings (SSSR count). The molecule has 0 radical (unpaired) electrons. The van der Waals surface area contributed by atoms with Crippen LogP contribution in [0.25, 0.3) is 0 Å². The molecule has 1 aliphatic rings. The van der Waals surface area contributed by atoms with Crippen molar-refractivity contribution in [3.05, 3.63) is 33.4 Å². The minimum atomic E-state index is -3.91. The lowest BCUT2D eigenvalue weighted by Gasteiger charge is -2.27. The van der Waals surface area contributed by atoms with E-state index in [1.54, 1.807) is 26.0 Å². The van der Waals surface area contributed by atoms with Crippen molar-refractivity contribution in [3.8, 4) is 0 Å². The summed E-state index contributed by atoms with van der Waals surface area (Å²) >= 11 is 0. The third-order valence-electron chi connectivity index (χ3n) is 4.13. The van der Waals surface area contributed by atoms with E-state index in [1.165, 1.54) is 0 Å². The maximum Gasteiger partial charge on any atom is 0.292 e. The Hall–Kier alpha value is -0.970. The van der Waals surface area contributed by atoms with Gasteiger partial charge in [0.25, 0.3) is 5.69 Å². The Labute approximate surface area is 166 Å². The first-order valence-corrected chi connectivity index (χ1v) is 9.48. The highest BCUT2D eigenvalue weighted by Crippen LogP contribution is 2.30. The standard InChI is InChI=1S/C15H24N4O4S.2ClH/c1-12-4-5-13(2)15(14(12)19(20)21)24(22,23)17-6-3-9-18-10-7-16-8-11-18;;/h4-5,16-17H,3,6-11H2,1-2H3;2*1H. The van der Waals surface area contributed by atoms with Gasteiger partial charge in [0, 0.05) is 38.3 Å². The zero-order chi connectivity index (χ0) is 17.7. The van der Waals surface area contributed by atoms with Crippen LogP contribution < -0.4 is 10.0 Å². The van der Waals surface area contributed by atoms with Gasteiger partial charge in [-0.25, -0.2) is 13.1 Å². The number of rotatable bonds is 7. The topological polar surface area (TPSA) is 105 Å². The Morgan fingerprint density at radius 3 is 2.35 bits per heavy atom. The van der Waals surface area contributed by atoms with E-state index >= 15 is 0 Å². The van der Waals surface area contributed by atoms with E-state index in [9.17, 15) is 18.5 Å². The molecule has 1 aromatic carbocycles. The fourth-order valence-electron chi connectivity index (χ4n) is 2.85. The SMILES string of the molecule is Cc1ccc(C)c(S(=O)(=O)NCCCN2CCNCC2)c1[N+](=O)[O-].Cl.Cl. The summed E-state index contributed by atoms with van der Waals surface area (Å²) in [5.74, 6) is 0. The van der Waals surface area contributed by atoms with Crippen LogP contribution in [0.15, 0.2) is 17.0 Å². The lowest BCUT2D eigenvalue weighted by molar-refractivity contribution is -0.388. The van der Waals surface area contributed by atoms with E-state index in [0.29, 0.717) is 17.5 Å². The van der Waals surface area contributed by atoms with Gasteiger partial charge in [-0.05, 0) is 32.4 Å². The molecule has 11 heteroatoms. The summed E-state index contributed by atoms with van der Waals surface area (Å²) in [6, 6.07) is 3.16. The van der Waals surface area contributed by atoms with E-state index in [-0.39, 0.29) is 41.9 Å². The first-order chi connectivity index (χ1) is 11.3. The molecule has 26 heavy (non-hydrogen) atoms. The zero-order valence-electron chi connectivity index (χ0n) is 14.9. The quantitative estimate of drug-likeness (QED) is 0.388. The van der Waals surface area contributed by atoms with E-state index < -0.39 is 14.9 Å². The van der Waals surface area contributed by atoms with Gasteiger partial charge < -0.3 is 10.2 Å². The largest absolute Gasteiger partial charge is 0.314 e. The third-order valence-corrected chi connectivity index (χ3v) is 5.77. The predicted octanol–water partition coefficient (Wildman–Crippen LogP) is 1.63. The van der Waals surface area contributed by atoms with Crippen LogP contribution in [-0.2, 0) is 10.0 Å². The Bertz CT molecular complexity index is 710. The predicted molar refractivity (Wildman–Crippen MR) is 106 cm³/mol.